The first-order valence-corrected chi connectivity index (χ1v) is 7.56. The summed E-state index contributed by atoms with van der Waals surface area (Å²) < 4.78 is 0. The number of halogens is 1. The van der Waals surface area contributed by atoms with E-state index >= 15 is 0 Å². The summed E-state index contributed by atoms with van der Waals surface area (Å²) in [7, 11) is 0. The highest BCUT2D eigenvalue weighted by molar-refractivity contribution is 7.99. The van der Waals surface area contributed by atoms with Gasteiger partial charge in [0.25, 0.3) is 0 Å². The van der Waals surface area contributed by atoms with E-state index in [0.29, 0.717) is 11.1 Å². The second-order valence-corrected chi connectivity index (χ2v) is 5.02. The van der Waals surface area contributed by atoms with Gasteiger partial charge in [0.05, 0.1) is 0 Å². The first-order chi connectivity index (χ1) is 8.69. The van der Waals surface area contributed by atoms with Gasteiger partial charge in [-0.1, -0.05) is 25.6 Å². The third-order valence-corrected chi connectivity index (χ3v) is 3.45. The second kappa shape index (κ2) is 8.50. The molecular formula is C11H20ClN5S. The highest BCUT2D eigenvalue weighted by Crippen LogP contribution is 2.16. The lowest BCUT2D eigenvalue weighted by atomic mass is 10.5. The number of nitrogens with zero attached hydrogens (tertiary/aromatic N) is 4. The summed E-state index contributed by atoms with van der Waals surface area (Å²) in [6.07, 6.45) is 0. The van der Waals surface area contributed by atoms with Crippen LogP contribution in [0.1, 0.15) is 20.8 Å². The monoisotopic (exact) mass is 289 g/mol. The standard InChI is InChI=1S/C11H20ClN5S/c1-4-13-10-14-9(12)15-11(16-10)18-8-7-17(5-2)6-3/h4-8H2,1-3H3,(H,13,14,15,16). The van der Waals surface area contributed by atoms with Crippen LogP contribution in [0, 0.1) is 0 Å². The SMILES string of the molecule is CCNc1nc(Cl)nc(SCCN(CC)CC)n1. The van der Waals surface area contributed by atoms with Crippen LogP contribution in [-0.4, -0.2) is 51.8 Å². The number of hydrogen-bond donors (Lipinski definition) is 1. The predicted molar refractivity (Wildman–Crippen MR) is 77.5 cm³/mol. The Kier molecular flexibility index (Phi) is 7.31. The largest absolute Gasteiger partial charge is 0.354 e. The topological polar surface area (TPSA) is 53.9 Å². The van der Waals surface area contributed by atoms with Crippen LogP contribution in [0.25, 0.3) is 0 Å². The molecule has 0 atom stereocenters. The first kappa shape index (κ1) is 15.5. The number of aromatic nitrogens is 3. The molecule has 1 rings (SSSR count). The Hall–Kier alpha value is -0.590. The van der Waals surface area contributed by atoms with Crippen LogP contribution in [0.15, 0.2) is 5.16 Å². The first-order valence-electron chi connectivity index (χ1n) is 6.20. The van der Waals surface area contributed by atoms with Gasteiger partial charge in [-0.05, 0) is 31.6 Å². The summed E-state index contributed by atoms with van der Waals surface area (Å²) in [5.41, 5.74) is 0. The number of rotatable bonds is 8. The van der Waals surface area contributed by atoms with Crippen LogP contribution in [0.5, 0.6) is 0 Å². The van der Waals surface area contributed by atoms with Gasteiger partial charge in [0.2, 0.25) is 11.2 Å². The molecule has 0 fully saturated rings. The van der Waals surface area contributed by atoms with Crippen molar-refractivity contribution in [3.63, 3.8) is 0 Å². The third kappa shape index (κ3) is 5.37. The van der Waals surface area contributed by atoms with Crippen molar-refractivity contribution in [3.8, 4) is 0 Å². The van der Waals surface area contributed by atoms with E-state index in [2.05, 4.69) is 39.0 Å². The molecule has 0 aromatic carbocycles. The van der Waals surface area contributed by atoms with Gasteiger partial charge in [-0.2, -0.15) is 15.0 Å². The van der Waals surface area contributed by atoms with Gasteiger partial charge in [-0.15, -0.1) is 0 Å². The van der Waals surface area contributed by atoms with Gasteiger partial charge >= 0.3 is 0 Å². The highest BCUT2D eigenvalue weighted by Gasteiger charge is 2.06. The molecule has 7 heteroatoms. The molecule has 1 aromatic rings. The molecule has 0 saturated carbocycles. The third-order valence-electron chi connectivity index (χ3n) is 2.46. The number of hydrogen-bond acceptors (Lipinski definition) is 6. The minimum atomic E-state index is 0.242. The molecule has 1 heterocycles. The smallest absolute Gasteiger partial charge is 0.228 e. The molecule has 0 aliphatic carbocycles. The van der Waals surface area contributed by atoms with Crippen molar-refractivity contribution in [3.05, 3.63) is 5.28 Å². The van der Waals surface area contributed by atoms with Crippen molar-refractivity contribution in [2.45, 2.75) is 25.9 Å². The lowest BCUT2D eigenvalue weighted by Crippen LogP contribution is -2.25. The van der Waals surface area contributed by atoms with Crippen molar-refractivity contribution in [1.82, 2.24) is 19.9 Å². The Morgan fingerprint density at radius 2 is 1.89 bits per heavy atom. The molecule has 1 N–H and O–H groups in total. The summed E-state index contributed by atoms with van der Waals surface area (Å²) in [6.45, 7) is 10.2. The van der Waals surface area contributed by atoms with E-state index < -0.39 is 0 Å². The van der Waals surface area contributed by atoms with Crippen molar-refractivity contribution >= 4 is 29.3 Å². The molecule has 18 heavy (non-hydrogen) atoms. The zero-order valence-corrected chi connectivity index (χ0v) is 12.7. The minimum absolute atomic E-state index is 0.242. The zero-order chi connectivity index (χ0) is 13.4. The lowest BCUT2D eigenvalue weighted by molar-refractivity contribution is 0.324. The van der Waals surface area contributed by atoms with Crippen LogP contribution < -0.4 is 5.32 Å². The molecular weight excluding hydrogens is 270 g/mol. The van der Waals surface area contributed by atoms with Gasteiger partial charge in [-0.3, -0.25) is 0 Å². The summed E-state index contributed by atoms with van der Waals surface area (Å²) in [5, 5.41) is 3.96. The van der Waals surface area contributed by atoms with E-state index in [4.69, 9.17) is 11.6 Å². The average Bonchev–Trinajstić information content (AvgIpc) is 2.34. The fraction of sp³-hybridized carbons (Fsp3) is 0.727. The van der Waals surface area contributed by atoms with Crippen molar-refractivity contribution < 1.29 is 0 Å². The van der Waals surface area contributed by atoms with Crippen molar-refractivity contribution in [2.75, 3.05) is 37.2 Å². The highest BCUT2D eigenvalue weighted by atomic mass is 35.5. The Bertz CT molecular complexity index is 359. The molecule has 0 unspecified atom stereocenters. The maximum absolute atomic E-state index is 5.86. The number of thioether (sulfide) groups is 1. The van der Waals surface area contributed by atoms with Crippen LogP contribution in [-0.2, 0) is 0 Å². The fourth-order valence-electron chi connectivity index (χ4n) is 1.44. The molecule has 0 amide bonds. The summed E-state index contributed by atoms with van der Waals surface area (Å²) in [4.78, 5) is 14.8. The lowest BCUT2D eigenvalue weighted by Gasteiger charge is -2.16. The summed E-state index contributed by atoms with van der Waals surface area (Å²) in [6, 6.07) is 0. The normalized spacial score (nSPS) is 10.9. The van der Waals surface area contributed by atoms with Crippen LogP contribution in [0.4, 0.5) is 5.95 Å². The van der Waals surface area contributed by atoms with Crippen molar-refractivity contribution in [2.24, 2.45) is 0 Å². The molecule has 5 nitrogen and oxygen atoms in total. The molecule has 0 aliphatic heterocycles. The van der Waals surface area contributed by atoms with Gasteiger partial charge in [0, 0.05) is 18.8 Å². The molecule has 0 radical (unpaired) electrons. The van der Waals surface area contributed by atoms with E-state index in [9.17, 15) is 0 Å². The average molecular weight is 290 g/mol. The maximum Gasteiger partial charge on any atom is 0.228 e. The van der Waals surface area contributed by atoms with Crippen LogP contribution in [0.2, 0.25) is 5.28 Å². The van der Waals surface area contributed by atoms with Gasteiger partial charge in [-0.25, -0.2) is 0 Å². The molecule has 0 aliphatic rings. The van der Waals surface area contributed by atoms with Gasteiger partial charge < -0.3 is 10.2 Å². The van der Waals surface area contributed by atoms with Gasteiger partial charge in [0.1, 0.15) is 0 Å². The molecule has 0 spiro atoms. The van der Waals surface area contributed by atoms with Crippen molar-refractivity contribution in [1.29, 1.82) is 0 Å². The van der Waals surface area contributed by atoms with E-state index in [1.54, 1.807) is 11.8 Å². The van der Waals surface area contributed by atoms with E-state index in [-0.39, 0.29) is 5.28 Å². The predicted octanol–water partition coefficient (Wildman–Crippen LogP) is 2.39. The second-order valence-electron chi connectivity index (χ2n) is 3.62. The number of anilines is 1. The Morgan fingerprint density at radius 1 is 1.17 bits per heavy atom. The Morgan fingerprint density at radius 3 is 2.50 bits per heavy atom. The van der Waals surface area contributed by atoms with E-state index in [1.165, 1.54) is 0 Å². The molecule has 1 aromatic heterocycles. The molecule has 102 valence electrons. The number of nitrogens with one attached hydrogen (secondary N) is 1. The maximum atomic E-state index is 5.86. The van der Waals surface area contributed by atoms with E-state index in [1.807, 2.05) is 6.92 Å². The fourth-order valence-corrected chi connectivity index (χ4v) is 2.48. The van der Waals surface area contributed by atoms with E-state index in [0.717, 1.165) is 31.9 Å². The minimum Gasteiger partial charge on any atom is -0.354 e. The quantitative estimate of drug-likeness (QED) is 0.742. The van der Waals surface area contributed by atoms with Gasteiger partial charge in [0.15, 0.2) is 5.16 Å². The molecule has 0 saturated heterocycles. The molecule has 0 bridgehead atoms. The van der Waals surface area contributed by atoms with Crippen LogP contribution in [0.3, 0.4) is 0 Å². The summed E-state index contributed by atoms with van der Waals surface area (Å²) >= 11 is 7.46. The zero-order valence-electron chi connectivity index (χ0n) is 11.1. The summed E-state index contributed by atoms with van der Waals surface area (Å²) in [5.74, 6) is 1.50. The Labute approximate surface area is 118 Å². The van der Waals surface area contributed by atoms with Crippen LogP contribution >= 0.6 is 23.4 Å². The Balaban J connectivity index is 2.51.